The van der Waals surface area contributed by atoms with Crippen LogP contribution in [-0.2, 0) is 6.42 Å². The highest BCUT2D eigenvalue weighted by Crippen LogP contribution is 2.47. The summed E-state index contributed by atoms with van der Waals surface area (Å²) < 4.78 is 0. The Morgan fingerprint density at radius 2 is 2.08 bits per heavy atom. The van der Waals surface area contributed by atoms with Gasteiger partial charge in [-0.15, -0.1) is 7.92 Å². The molecule has 0 aliphatic carbocycles. The van der Waals surface area contributed by atoms with Gasteiger partial charge in [-0.25, -0.2) is 0 Å². The second-order valence-electron chi connectivity index (χ2n) is 3.97. The first-order chi connectivity index (χ1) is 6.36. The van der Waals surface area contributed by atoms with E-state index < -0.39 is 0 Å². The van der Waals surface area contributed by atoms with Crippen LogP contribution in [0.5, 0.6) is 0 Å². The zero-order valence-corrected chi connectivity index (χ0v) is 9.13. The van der Waals surface area contributed by atoms with Crippen LogP contribution in [0.2, 0.25) is 0 Å². The Kier molecular flexibility index (Phi) is 3.01. The first-order valence-corrected chi connectivity index (χ1v) is 7.15. The van der Waals surface area contributed by atoms with Crippen molar-refractivity contribution < 1.29 is 0 Å². The summed E-state index contributed by atoms with van der Waals surface area (Å²) in [5.41, 5.74) is 2.54. The van der Waals surface area contributed by atoms with E-state index in [-0.39, 0.29) is 0 Å². The van der Waals surface area contributed by atoms with Crippen molar-refractivity contribution in [2.75, 3.05) is 12.8 Å². The number of hydrogen-bond donors (Lipinski definition) is 0. The molecule has 0 spiro atoms. The van der Waals surface area contributed by atoms with Gasteiger partial charge in [0.15, 0.2) is 0 Å². The molecule has 1 aromatic rings. The van der Waals surface area contributed by atoms with Gasteiger partial charge in [-0.05, 0) is 43.3 Å². The summed E-state index contributed by atoms with van der Waals surface area (Å²) in [6, 6.07) is 10.9. The quantitative estimate of drug-likeness (QED) is 0.629. The second-order valence-corrected chi connectivity index (χ2v) is 6.66. The van der Waals surface area contributed by atoms with E-state index in [0.29, 0.717) is 7.92 Å². The van der Waals surface area contributed by atoms with Crippen molar-refractivity contribution in [3.05, 3.63) is 35.9 Å². The van der Waals surface area contributed by atoms with E-state index >= 15 is 0 Å². The summed E-state index contributed by atoms with van der Waals surface area (Å²) in [5.74, 6) is 0. The molecule has 13 heavy (non-hydrogen) atoms. The highest BCUT2D eigenvalue weighted by Gasteiger charge is 2.22. The van der Waals surface area contributed by atoms with Crippen LogP contribution < -0.4 is 0 Å². The maximum absolute atomic E-state index is 2.47. The topological polar surface area (TPSA) is 0 Å². The molecule has 1 aliphatic heterocycles. The van der Waals surface area contributed by atoms with Gasteiger partial charge in [0.25, 0.3) is 0 Å². The molecule has 1 aliphatic rings. The van der Waals surface area contributed by atoms with Gasteiger partial charge >= 0.3 is 0 Å². The lowest BCUT2D eigenvalue weighted by Crippen LogP contribution is -2.03. The molecule has 0 bridgehead atoms. The summed E-state index contributed by atoms with van der Waals surface area (Å²) in [5, 5.41) is 0. The largest absolute Gasteiger partial charge is 0.106 e. The normalized spacial score (nSPS) is 27.8. The first kappa shape index (κ1) is 9.21. The Morgan fingerprint density at radius 3 is 2.69 bits per heavy atom. The van der Waals surface area contributed by atoms with Crippen molar-refractivity contribution in [3.63, 3.8) is 0 Å². The second kappa shape index (κ2) is 4.24. The molecule has 0 unspecified atom stereocenters. The average molecular weight is 192 g/mol. The molecule has 1 heteroatoms. The van der Waals surface area contributed by atoms with Crippen LogP contribution in [0.4, 0.5) is 0 Å². The average Bonchev–Trinajstić information content (AvgIpc) is 2.54. The first-order valence-electron chi connectivity index (χ1n) is 5.10. The minimum absolute atomic E-state index is 0.348. The molecule has 2 atom stereocenters. The van der Waals surface area contributed by atoms with E-state index in [1.165, 1.54) is 31.0 Å². The van der Waals surface area contributed by atoms with E-state index in [4.69, 9.17) is 0 Å². The van der Waals surface area contributed by atoms with Gasteiger partial charge in [-0.3, -0.25) is 0 Å². The van der Waals surface area contributed by atoms with Gasteiger partial charge in [-0.1, -0.05) is 30.3 Å². The van der Waals surface area contributed by atoms with Crippen molar-refractivity contribution in [2.45, 2.75) is 24.9 Å². The van der Waals surface area contributed by atoms with Crippen molar-refractivity contribution >= 4 is 7.92 Å². The monoisotopic (exact) mass is 192 g/mol. The third-order valence-electron chi connectivity index (χ3n) is 2.99. The van der Waals surface area contributed by atoms with Gasteiger partial charge < -0.3 is 0 Å². The molecule has 70 valence electrons. The predicted molar refractivity (Wildman–Crippen MR) is 60.9 cm³/mol. The lowest BCUT2D eigenvalue weighted by atomic mass is 10.1. The Morgan fingerprint density at radius 1 is 1.31 bits per heavy atom. The molecule has 0 amide bonds. The van der Waals surface area contributed by atoms with Crippen LogP contribution in [0, 0.1) is 0 Å². The molecular weight excluding hydrogens is 175 g/mol. The lowest BCUT2D eigenvalue weighted by molar-refractivity contribution is 0.774. The van der Waals surface area contributed by atoms with Crippen LogP contribution in [0.25, 0.3) is 0 Å². The maximum Gasteiger partial charge on any atom is -0.0171 e. The SMILES string of the molecule is C[P@@]1CCC[C@@H]1Cc1ccccc1. The van der Waals surface area contributed by atoms with Gasteiger partial charge in [0.2, 0.25) is 0 Å². The molecule has 0 radical (unpaired) electrons. The summed E-state index contributed by atoms with van der Waals surface area (Å²) in [6.07, 6.45) is 5.77. The van der Waals surface area contributed by atoms with Gasteiger partial charge in [0.05, 0.1) is 0 Å². The summed E-state index contributed by atoms with van der Waals surface area (Å²) in [4.78, 5) is 0. The summed E-state index contributed by atoms with van der Waals surface area (Å²) in [7, 11) is 0.348. The Bertz CT molecular complexity index is 255. The molecular formula is C12H17P. The van der Waals surface area contributed by atoms with E-state index in [1.807, 2.05) is 0 Å². The Labute approximate surface area is 82.1 Å². The van der Waals surface area contributed by atoms with E-state index in [1.54, 1.807) is 0 Å². The molecule has 0 N–H and O–H groups in total. The minimum Gasteiger partial charge on any atom is -0.106 e. The van der Waals surface area contributed by atoms with Crippen LogP contribution in [0.15, 0.2) is 30.3 Å². The molecule has 1 aromatic carbocycles. The highest BCUT2D eigenvalue weighted by molar-refractivity contribution is 7.57. The number of hydrogen-bond acceptors (Lipinski definition) is 0. The molecule has 1 saturated heterocycles. The third-order valence-corrected chi connectivity index (χ3v) is 5.69. The van der Waals surface area contributed by atoms with Gasteiger partial charge in [0, 0.05) is 0 Å². The van der Waals surface area contributed by atoms with Crippen LogP contribution in [-0.4, -0.2) is 18.5 Å². The van der Waals surface area contributed by atoms with E-state index in [2.05, 4.69) is 37.0 Å². The smallest absolute Gasteiger partial charge is 0.0171 e. The fourth-order valence-corrected chi connectivity index (χ4v) is 4.32. The summed E-state index contributed by atoms with van der Waals surface area (Å²) >= 11 is 0. The zero-order chi connectivity index (χ0) is 9.10. The predicted octanol–water partition coefficient (Wildman–Crippen LogP) is 3.50. The van der Waals surface area contributed by atoms with Gasteiger partial charge in [-0.2, -0.15) is 0 Å². The van der Waals surface area contributed by atoms with Crippen molar-refractivity contribution in [1.82, 2.24) is 0 Å². The maximum atomic E-state index is 2.47. The van der Waals surface area contributed by atoms with Crippen LogP contribution in [0.3, 0.4) is 0 Å². The molecule has 1 heterocycles. The Balaban J connectivity index is 1.98. The lowest BCUT2D eigenvalue weighted by Gasteiger charge is -2.15. The number of benzene rings is 1. The van der Waals surface area contributed by atoms with E-state index in [0.717, 1.165) is 5.66 Å². The van der Waals surface area contributed by atoms with Crippen molar-refractivity contribution in [3.8, 4) is 0 Å². The zero-order valence-electron chi connectivity index (χ0n) is 8.24. The van der Waals surface area contributed by atoms with Crippen LogP contribution in [0.1, 0.15) is 18.4 Å². The molecule has 0 aromatic heterocycles. The fraction of sp³-hybridized carbons (Fsp3) is 0.500. The third kappa shape index (κ3) is 2.31. The van der Waals surface area contributed by atoms with Crippen molar-refractivity contribution in [1.29, 1.82) is 0 Å². The van der Waals surface area contributed by atoms with Gasteiger partial charge in [0.1, 0.15) is 0 Å². The highest BCUT2D eigenvalue weighted by atomic mass is 31.1. The fourth-order valence-electron chi connectivity index (χ4n) is 2.12. The van der Waals surface area contributed by atoms with Crippen LogP contribution >= 0.6 is 7.92 Å². The van der Waals surface area contributed by atoms with E-state index in [9.17, 15) is 0 Å². The Hall–Kier alpha value is -0.350. The van der Waals surface area contributed by atoms with Crippen molar-refractivity contribution in [2.24, 2.45) is 0 Å². The summed E-state index contributed by atoms with van der Waals surface area (Å²) in [6.45, 7) is 2.47. The molecule has 2 rings (SSSR count). The standard InChI is InChI=1S/C12H17P/c1-13-9-5-8-12(13)10-11-6-3-2-4-7-11/h2-4,6-7,12H,5,8-10H2,1H3/t12-,13+/m1/s1. The molecule has 0 saturated carbocycles. The number of rotatable bonds is 2. The molecule has 0 nitrogen and oxygen atoms in total. The minimum atomic E-state index is 0.348. The molecule has 1 fully saturated rings.